The molecule has 4 heterocycles. The van der Waals surface area contributed by atoms with Crippen LogP contribution in [0.3, 0.4) is 0 Å². The van der Waals surface area contributed by atoms with Crippen LogP contribution < -0.4 is 0 Å². The molecular weight excluding hydrogens is 783 g/mol. The highest BCUT2D eigenvalue weighted by Crippen LogP contribution is 2.45. The Kier molecular flexibility index (Phi) is 8.28. The molecule has 0 fully saturated rings. The topological polar surface area (TPSA) is 65.0 Å². The summed E-state index contributed by atoms with van der Waals surface area (Å²) < 4.78 is 13.2. The van der Waals surface area contributed by atoms with E-state index >= 15 is 0 Å². The summed E-state index contributed by atoms with van der Waals surface area (Å²) in [6.07, 6.45) is 6.39. The Balaban J connectivity index is 0.941. The largest absolute Gasteiger partial charge is 0.455 e. The van der Waals surface area contributed by atoms with Gasteiger partial charge in [-0.15, -0.1) is 0 Å². The Bertz CT molecular complexity index is 3890. The third-order valence-electron chi connectivity index (χ3n) is 12.8. The summed E-state index contributed by atoms with van der Waals surface area (Å²) in [7, 11) is 0. The van der Waals surface area contributed by atoms with Gasteiger partial charge in [0.25, 0.3) is 0 Å². The molecule has 0 atom stereocenters. The van der Waals surface area contributed by atoms with E-state index in [1.807, 2.05) is 36.4 Å². The number of nitrogens with zero attached hydrogens (tertiary/aromatic N) is 3. The van der Waals surface area contributed by atoms with Gasteiger partial charge in [0.1, 0.15) is 22.4 Å². The smallest absolute Gasteiger partial charge is 0.162 e. The molecule has 0 spiro atoms. The van der Waals surface area contributed by atoms with Gasteiger partial charge in [0.15, 0.2) is 11.4 Å². The Labute approximate surface area is 368 Å². The zero-order valence-electron chi connectivity index (χ0n) is 34.6. The third kappa shape index (κ3) is 5.89. The molecule has 0 N–H and O–H groups in total. The molecule has 0 saturated heterocycles. The highest BCUT2D eigenvalue weighted by molar-refractivity contribution is 6.24. The second-order valence-corrected chi connectivity index (χ2v) is 16.5. The molecule has 0 saturated carbocycles. The number of rotatable bonds is 6. The van der Waals surface area contributed by atoms with E-state index in [4.69, 9.17) is 23.8 Å². The standard InChI is InChI=1S/C59H37N3O2/c1-2-15-39(16-3-1)59-61-50(38-32-30-37(31-33-38)44-24-12-26-47-45-21-6-8-28-52(45)63-57(44)47)35-51(62-59)41-19-10-18-40(34-41)43-23-13-27-49-54(43)55-48-22-7-9-29-53(48)64-58(55)56(60-49)46-25-11-17-36-14-4-5-20-42(36)46/h1-9,11-17,19-35H,10,18H2. The fourth-order valence-electron chi connectivity index (χ4n) is 9.76. The first-order chi connectivity index (χ1) is 31.7. The van der Waals surface area contributed by atoms with Gasteiger partial charge in [-0.2, -0.15) is 0 Å². The molecule has 0 radical (unpaired) electrons. The van der Waals surface area contributed by atoms with Crippen LogP contribution in [-0.2, 0) is 0 Å². The van der Waals surface area contributed by atoms with Crippen LogP contribution in [0.5, 0.6) is 0 Å². The molecule has 64 heavy (non-hydrogen) atoms. The van der Waals surface area contributed by atoms with E-state index in [1.54, 1.807) is 0 Å². The van der Waals surface area contributed by atoms with E-state index in [0.29, 0.717) is 5.82 Å². The van der Waals surface area contributed by atoms with Crippen molar-refractivity contribution in [2.45, 2.75) is 12.8 Å². The highest BCUT2D eigenvalue weighted by atomic mass is 16.3. The minimum atomic E-state index is 0.688. The van der Waals surface area contributed by atoms with Gasteiger partial charge in [-0.05, 0) is 76.2 Å². The minimum absolute atomic E-state index is 0.688. The minimum Gasteiger partial charge on any atom is -0.455 e. The van der Waals surface area contributed by atoms with Crippen LogP contribution in [0, 0.1) is 0 Å². The molecule has 300 valence electrons. The van der Waals surface area contributed by atoms with Crippen molar-refractivity contribution in [3.05, 3.63) is 211 Å². The van der Waals surface area contributed by atoms with E-state index in [0.717, 1.165) is 129 Å². The molecule has 4 aromatic heterocycles. The maximum atomic E-state index is 6.79. The Morgan fingerprint density at radius 1 is 0.422 bits per heavy atom. The molecule has 13 rings (SSSR count). The van der Waals surface area contributed by atoms with Crippen molar-refractivity contribution >= 4 is 76.7 Å². The van der Waals surface area contributed by atoms with Crippen molar-refractivity contribution < 1.29 is 8.83 Å². The Hall–Kier alpha value is -8.41. The second kappa shape index (κ2) is 14.6. The second-order valence-electron chi connectivity index (χ2n) is 16.5. The maximum absolute atomic E-state index is 6.79. The monoisotopic (exact) mass is 819 g/mol. The predicted molar refractivity (Wildman–Crippen MR) is 263 cm³/mol. The molecule has 5 heteroatoms. The lowest BCUT2D eigenvalue weighted by Gasteiger charge is -2.18. The summed E-state index contributed by atoms with van der Waals surface area (Å²) in [5, 5.41) is 7.83. The summed E-state index contributed by atoms with van der Waals surface area (Å²) in [5.74, 6) is 0.688. The van der Waals surface area contributed by atoms with Crippen molar-refractivity contribution in [2.75, 3.05) is 0 Å². The zero-order valence-corrected chi connectivity index (χ0v) is 34.6. The number of furan rings is 2. The van der Waals surface area contributed by atoms with Crippen LogP contribution in [0.4, 0.5) is 0 Å². The highest BCUT2D eigenvalue weighted by Gasteiger charge is 2.23. The van der Waals surface area contributed by atoms with Crippen LogP contribution in [0.25, 0.3) is 122 Å². The van der Waals surface area contributed by atoms with Crippen LogP contribution in [0.2, 0.25) is 0 Å². The lowest BCUT2D eigenvalue weighted by Crippen LogP contribution is -2.01. The van der Waals surface area contributed by atoms with Crippen LogP contribution in [0.1, 0.15) is 24.1 Å². The molecule has 0 unspecified atom stereocenters. The predicted octanol–water partition coefficient (Wildman–Crippen LogP) is 15.9. The SMILES string of the molecule is C1=C(c2cc(-c3ccc(-c4cccc5c4oc4ccccc45)cc3)nc(-c3ccccc3)n2)C=C(c2cccc3nc(-c4cccc5ccccc45)c4oc5ccccc5c4c23)CC1. The van der Waals surface area contributed by atoms with E-state index < -0.39 is 0 Å². The first kappa shape index (κ1) is 36.3. The molecule has 8 aromatic carbocycles. The van der Waals surface area contributed by atoms with Gasteiger partial charge in [0, 0.05) is 49.2 Å². The lowest BCUT2D eigenvalue weighted by atomic mass is 9.88. The molecular formula is C59H37N3O2. The van der Waals surface area contributed by atoms with E-state index in [2.05, 4.69) is 164 Å². The Morgan fingerprint density at radius 2 is 1.06 bits per heavy atom. The van der Waals surface area contributed by atoms with Crippen LogP contribution in [-0.4, -0.2) is 15.0 Å². The summed E-state index contributed by atoms with van der Waals surface area (Å²) in [6, 6.07) is 65.4. The molecule has 0 aliphatic heterocycles. The van der Waals surface area contributed by atoms with Gasteiger partial charge in [-0.1, -0.05) is 170 Å². The van der Waals surface area contributed by atoms with Crippen molar-refractivity contribution in [2.24, 2.45) is 0 Å². The van der Waals surface area contributed by atoms with Crippen molar-refractivity contribution in [3.8, 4) is 45.0 Å². The maximum Gasteiger partial charge on any atom is 0.162 e. The van der Waals surface area contributed by atoms with Gasteiger partial charge in [0.05, 0.1) is 16.9 Å². The van der Waals surface area contributed by atoms with E-state index in [1.165, 1.54) is 11.0 Å². The lowest BCUT2D eigenvalue weighted by molar-refractivity contribution is 0.668. The summed E-state index contributed by atoms with van der Waals surface area (Å²) in [4.78, 5) is 15.9. The fraction of sp³-hybridized carbons (Fsp3) is 0.0339. The van der Waals surface area contributed by atoms with Gasteiger partial charge < -0.3 is 8.83 Å². The molecule has 0 amide bonds. The van der Waals surface area contributed by atoms with Crippen molar-refractivity contribution in [3.63, 3.8) is 0 Å². The zero-order chi connectivity index (χ0) is 42.1. The molecule has 1 aliphatic carbocycles. The first-order valence-electron chi connectivity index (χ1n) is 21.8. The average Bonchev–Trinajstić information content (AvgIpc) is 3.95. The van der Waals surface area contributed by atoms with Gasteiger partial charge in [0.2, 0.25) is 0 Å². The number of para-hydroxylation sites is 3. The van der Waals surface area contributed by atoms with Gasteiger partial charge >= 0.3 is 0 Å². The summed E-state index contributed by atoms with van der Waals surface area (Å²) >= 11 is 0. The summed E-state index contributed by atoms with van der Waals surface area (Å²) in [5.41, 5.74) is 15.6. The van der Waals surface area contributed by atoms with E-state index in [-0.39, 0.29) is 0 Å². The third-order valence-corrected chi connectivity index (χ3v) is 12.8. The number of fused-ring (bicyclic) bond motifs is 9. The first-order valence-corrected chi connectivity index (χ1v) is 21.8. The van der Waals surface area contributed by atoms with Crippen LogP contribution in [0.15, 0.2) is 209 Å². The van der Waals surface area contributed by atoms with Gasteiger partial charge in [-0.25, -0.2) is 15.0 Å². The van der Waals surface area contributed by atoms with Crippen LogP contribution >= 0.6 is 0 Å². The molecule has 12 aromatic rings. The van der Waals surface area contributed by atoms with Crippen molar-refractivity contribution in [1.82, 2.24) is 15.0 Å². The Morgan fingerprint density at radius 3 is 1.94 bits per heavy atom. The fourth-order valence-corrected chi connectivity index (χ4v) is 9.76. The number of benzene rings is 8. The average molecular weight is 820 g/mol. The van der Waals surface area contributed by atoms with Crippen molar-refractivity contribution in [1.29, 1.82) is 0 Å². The molecule has 5 nitrogen and oxygen atoms in total. The molecule has 0 bridgehead atoms. The number of hydrogen-bond acceptors (Lipinski definition) is 5. The van der Waals surface area contributed by atoms with E-state index in [9.17, 15) is 0 Å². The molecule has 1 aliphatic rings. The normalized spacial score (nSPS) is 13.1. The quantitative estimate of drug-likeness (QED) is 0.167. The number of hydrogen-bond donors (Lipinski definition) is 0. The number of pyridine rings is 1. The number of aromatic nitrogens is 3. The summed E-state index contributed by atoms with van der Waals surface area (Å²) in [6.45, 7) is 0. The number of allylic oxidation sites excluding steroid dienone is 4. The van der Waals surface area contributed by atoms with Gasteiger partial charge in [-0.3, -0.25) is 0 Å².